The van der Waals surface area contributed by atoms with Crippen LogP contribution in [0.1, 0.15) is 32.6 Å². The molecule has 1 aromatic rings. The number of thioether (sulfide) groups is 1. The topological polar surface area (TPSA) is 18.5 Å². The van der Waals surface area contributed by atoms with E-state index in [4.69, 9.17) is 9.47 Å². The molecular formula is C18H26O2S. The molecule has 0 spiro atoms. The minimum Gasteiger partial charge on any atom is -0.497 e. The monoisotopic (exact) mass is 306 g/mol. The highest BCUT2D eigenvalue weighted by atomic mass is 32.2. The van der Waals surface area contributed by atoms with Crippen molar-refractivity contribution in [2.24, 2.45) is 5.92 Å². The third-order valence-corrected chi connectivity index (χ3v) is 5.53. The summed E-state index contributed by atoms with van der Waals surface area (Å²) in [5, 5.41) is 0.513. The summed E-state index contributed by atoms with van der Waals surface area (Å²) < 4.78 is 10.6. The normalized spacial score (nSPS) is 18.0. The van der Waals surface area contributed by atoms with Gasteiger partial charge in [0.2, 0.25) is 0 Å². The first kappa shape index (κ1) is 16.4. The van der Waals surface area contributed by atoms with E-state index in [2.05, 4.69) is 25.1 Å². The van der Waals surface area contributed by atoms with Crippen LogP contribution in [0.5, 0.6) is 5.75 Å². The predicted octanol–water partition coefficient (Wildman–Crippen LogP) is 4.94. The lowest BCUT2D eigenvalue weighted by molar-refractivity contribution is 0.161. The van der Waals surface area contributed by atoms with Crippen molar-refractivity contribution < 1.29 is 9.47 Å². The van der Waals surface area contributed by atoms with Crippen LogP contribution < -0.4 is 4.74 Å². The van der Waals surface area contributed by atoms with E-state index in [1.807, 2.05) is 23.9 Å². The second kappa shape index (κ2) is 8.50. The van der Waals surface area contributed by atoms with Crippen LogP contribution in [-0.2, 0) is 4.74 Å². The van der Waals surface area contributed by atoms with Gasteiger partial charge in [0.25, 0.3) is 0 Å². The number of methoxy groups -OCH3 is 2. The Morgan fingerprint density at radius 1 is 1.14 bits per heavy atom. The van der Waals surface area contributed by atoms with Gasteiger partial charge in [0.15, 0.2) is 0 Å². The highest BCUT2D eigenvalue weighted by molar-refractivity contribution is 8.00. The highest BCUT2D eigenvalue weighted by Crippen LogP contribution is 2.37. The molecule has 1 aliphatic rings. The fourth-order valence-corrected chi connectivity index (χ4v) is 4.09. The van der Waals surface area contributed by atoms with E-state index >= 15 is 0 Å². The minimum absolute atomic E-state index is 0.513. The SMILES string of the molecule is COC[C@H](C)[C@@H](Sc1ccc(OC)cc1)C1=CCCCC1. The summed E-state index contributed by atoms with van der Waals surface area (Å²) in [6, 6.07) is 8.38. The number of ether oxygens (including phenoxy) is 2. The summed E-state index contributed by atoms with van der Waals surface area (Å²) in [5.74, 6) is 1.43. The highest BCUT2D eigenvalue weighted by Gasteiger charge is 2.23. The van der Waals surface area contributed by atoms with Gasteiger partial charge >= 0.3 is 0 Å². The zero-order valence-corrected chi connectivity index (χ0v) is 14.1. The van der Waals surface area contributed by atoms with Gasteiger partial charge in [0.05, 0.1) is 13.7 Å². The van der Waals surface area contributed by atoms with E-state index in [1.54, 1.807) is 19.8 Å². The van der Waals surface area contributed by atoms with Gasteiger partial charge in [-0.1, -0.05) is 18.6 Å². The molecule has 3 heteroatoms. The number of rotatable bonds is 7. The van der Waals surface area contributed by atoms with Crippen LogP contribution in [0.4, 0.5) is 0 Å². The van der Waals surface area contributed by atoms with E-state index in [0.29, 0.717) is 11.2 Å². The second-order valence-electron chi connectivity index (χ2n) is 5.67. The van der Waals surface area contributed by atoms with Crippen molar-refractivity contribution in [1.82, 2.24) is 0 Å². The van der Waals surface area contributed by atoms with Gasteiger partial charge in [-0.3, -0.25) is 0 Å². The summed E-state index contributed by atoms with van der Waals surface area (Å²) in [5.41, 5.74) is 1.60. The number of hydrogen-bond acceptors (Lipinski definition) is 3. The molecule has 1 aliphatic carbocycles. The standard InChI is InChI=1S/C18H26O2S/c1-14(13-19-2)18(15-7-5-4-6-8-15)21-17-11-9-16(20-3)10-12-17/h7,9-12,14,18H,4-6,8,13H2,1-3H3/t14-,18+/m0/s1. The van der Waals surface area contributed by atoms with Gasteiger partial charge in [-0.25, -0.2) is 0 Å². The Morgan fingerprint density at radius 3 is 2.48 bits per heavy atom. The van der Waals surface area contributed by atoms with Crippen LogP contribution in [-0.4, -0.2) is 26.1 Å². The molecule has 0 amide bonds. The first-order chi connectivity index (χ1) is 10.2. The smallest absolute Gasteiger partial charge is 0.118 e. The van der Waals surface area contributed by atoms with Crippen LogP contribution in [0.25, 0.3) is 0 Å². The van der Waals surface area contributed by atoms with Crippen molar-refractivity contribution in [3.63, 3.8) is 0 Å². The molecule has 116 valence electrons. The van der Waals surface area contributed by atoms with Crippen LogP contribution >= 0.6 is 11.8 Å². The van der Waals surface area contributed by atoms with Crippen molar-refractivity contribution in [3.8, 4) is 5.75 Å². The largest absolute Gasteiger partial charge is 0.497 e. The molecule has 1 aromatic carbocycles. The van der Waals surface area contributed by atoms with Crippen LogP contribution in [0.2, 0.25) is 0 Å². The van der Waals surface area contributed by atoms with Gasteiger partial charge in [-0.05, 0) is 55.9 Å². The lowest BCUT2D eigenvalue weighted by Crippen LogP contribution is -2.22. The van der Waals surface area contributed by atoms with Crippen LogP contribution in [0.15, 0.2) is 40.8 Å². The Bertz CT molecular complexity index is 453. The van der Waals surface area contributed by atoms with Crippen molar-refractivity contribution in [2.75, 3.05) is 20.8 Å². The fourth-order valence-electron chi connectivity index (χ4n) is 2.83. The zero-order valence-electron chi connectivity index (χ0n) is 13.3. The number of hydrogen-bond donors (Lipinski definition) is 0. The van der Waals surface area contributed by atoms with Gasteiger partial charge in [-0.2, -0.15) is 0 Å². The molecule has 0 aromatic heterocycles. The average molecular weight is 306 g/mol. The van der Waals surface area contributed by atoms with Crippen molar-refractivity contribution >= 4 is 11.8 Å². The van der Waals surface area contributed by atoms with E-state index in [-0.39, 0.29) is 0 Å². The first-order valence-corrected chi connectivity index (χ1v) is 8.61. The molecule has 0 radical (unpaired) electrons. The Hall–Kier alpha value is -0.930. The van der Waals surface area contributed by atoms with E-state index < -0.39 is 0 Å². The minimum atomic E-state index is 0.513. The Balaban J connectivity index is 2.12. The quantitative estimate of drug-likeness (QED) is 0.525. The summed E-state index contributed by atoms with van der Waals surface area (Å²) in [7, 11) is 3.50. The summed E-state index contributed by atoms with van der Waals surface area (Å²) >= 11 is 1.96. The predicted molar refractivity (Wildman–Crippen MR) is 90.2 cm³/mol. The lowest BCUT2D eigenvalue weighted by atomic mass is 9.92. The molecule has 0 heterocycles. The molecule has 21 heavy (non-hydrogen) atoms. The third kappa shape index (κ3) is 4.79. The molecule has 2 nitrogen and oxygen atoms in total. The molecule has 2 rings (SSSR count). The molecular weight excluding hydrogens is 280 g/mol. The molecule has 0 saturated heterocycles. The molecule has 0 saturated carbocycles. The Morgan fingerprint density at radius 2 is 1.90 bits per heavy atom. The maximum Gasteiger partial charge on any atom is 0.118 e. The maximum absolute atomic E-state index is 5.39. The molecule has 2 atom stereocenters. The van der Waals surface area contributed by atoms with Crippen LogP contribution in [0.3, 0.4) is 0 Å². The molecule has 0 bridgehead atoms. The molecule has 0 fully saturated rings. The molecule has 0 unspecified atom stereocenters. The molecule has 0 aliphatic heterocycles. The lowest BCUT2D eigenvalue weighted by Gasteiger charge is -2.28. The molecule has 0 N–H and O–H groups in total. The Labute approximate surface area is 132 Å². The summed E-state index contributed by atoms with van der Waals surface area (Å²) in [6.45, 7) is 3.10. The van der Waals surface area contributed by atoms with Gasteiger partial charge in [0.1, 0.15) is 5.75 Å². The van der Waals surface area contributed by atoms with E-state index in [9.17, 15) is 0 Å². The van der Waals surface area contributed by atoms with E-state index in [0.717, 1.165) is 12.4 Å². The number of benzene rings is 1. The van der Waals surface area contributed by atoms with Gasteiger partial charge < -0.3 is 9.47 Å². The summed E-state index contributed by atoms with van der Waals surface area (Å²) in [4.78, 5) is 1.30. The fraction of sp³-hybridized carbons (Fsp3) is 0.556. The van der Waals surface area contributed by atoms with Gasteiger partial charge in [-0.15, -0.1) is 11.8 Å². The second-order valence-corrected chi connectivity index (χ2v) is 6.89. The van der Waals surface area contributed by atoms with E-state index in [1.165, 1.54) is 30.6 Å². The zero-order chi connectivity index (χ0) is 15.1. The van der Waals surface area contributed by atoms with Crippen molar-refractivity contribution in [1.29, 1.82) is 0 Å². The number of allylic oxidation sites excluding steroid dienone is 1. The van der Waals surface area contributed by atoms with Gasteiger partial charge in [0, 0.05) is 17.3 Å². The van der Waals surface area contributed by atoms with Crippen molar-refractivity contribution in [3.05, 3.63) is 35.9 Å². The van der Waals surface area contributed by atoms with Crippen LogP contribution in [0, 0.1) is 5.92 Å². The first-order valence-electron chi connectivity index (χ1n) is 7.73. The maximum atomic E-state index is 5.39. The Kier molecular flexibility index (Phi) is 6.65. The third-order valence-electron chi connectivity index (χ3n) is 3.96. The summed E-state index contributed by atoms with van der Waals surface area (Å²) in [6.07, 6.45) is 7.58. The average Bonchev–Trinajstić information content (AvgIpc) is 2.54. The van der Waals surface area contributed by atoms with Crippen molar-refractivity contribution in [2.45, 2.75) is 42.8 Å².